The smallest absolute Gasteiger partial charge is 0.0640 e. The third-order valence-corrected chi connectivity index (χ3v) is 1.34. The van der Waals surface area contributed by atoms with Crippen LogP contribution in [0.4, 0.5) is 0 Å². The SMILES string of the molecule is CCC(O)CSN. The van der Waals surface area contributed by atoms with Gasteiger partial charge in [-0.2, -0.15) is 0 Å². The average molecular weight is 121 g/mol. The summed E-state index contributed by atoms with van der Waals surface area (Å²) in [5, 5.41) is 13.8. The molecule has 0 rings (SSSR count). The minimum Gasteiger partial charge on any atom is -0.392 e. The minimum absolute atomic E-state index is 0.213. The first-order valence-corrected chi connectivity index (χ1v) is 3.35. The molecule has 44 valence electrons. The Bertz CT molecular complexity index is 42.7. The fourth-order valence-electron chi connectivity index (χ4n) is 0.229. The third-order valence-electron chi connectivity index (χ3n) is 0.760. The van der Waals surface area contributed by atoms with Crippen molar-refractivity contribution in [3.8, 4) is 0 Å². The number of aliphatic hydroxyl groups excluding tert-OH is 1. The van der Waals surface area contributed by atoms with Gasteiger partial charge in [0.15, 0.2) is 0 Å². The summed E-state index contributed by atoms with van der Waals surface area (Å²) in [5.74, 6) is 0.649. The second kappa shape index (κ2) is 4.43. The van der Waals surface area contributed by atoms with E-state index in [-0.39, 0.29) is 6.10 Å². The van der Waals surface area contributed by atoms with Crippen LogP contribution < -0.4 is 5.14 Å². The molecule has 0 amide bonds. The molecule has 0 heterocycles. The summed E-state index contributed by atoms with van der Waals surface area (Å²) in [4.78, 5) is 0. The molecule has 0 aliphatic rings. The van der Waals surface area contributed by atoms with Crippen LogP contribution in [0.25, 0.3) is 0 Å². The molecule has 0 saturated heterocycles. The maximum absolute atomic E-state index is 8.76. The highest BCUT2D eigenvalue weighted by Gasteiger charge is 1.95. The standard InChI is InChI=1S/C4H11NOS/c1-2-4(6)3-7-5/h4,6H,2-3,5H2,1H3. The second-order valence-electron chi connectivity index (χ2n) is 1.40. The van der Waals surface area contributed by atoms with Crippen molar-refractivity contribution in [1.82, 2.24) is 0 Å². The van der Waals surface area contributed by atoms with Crippen molar-refractivity contribution in [2.45, 2.75) is 19.4 Å². The fourth-order valence-corrected chi connectivity index (χ4v) is 0.687. The molecule has 7 heavy (non-hydrogen) atoms. The van der Waals surface area contributed by atoms with Crippen LogP contribution in [0.3, 0.4) is 0 Å². The van der Waals surface area contributed by atoms with Gasteiger partial charge in [-0.05, 0) is 6.42 Å². The monoisotopic (exact) mass is 121 g/mol. The lowest BCUT2D eigenvalue weighted by molar-refractivity contribution is 0.195. The Morgan fingerprint density at radius 1 is 1.86 bits per heavy atom. The molecule has 3 heteroatoms. The Hall–Kier alpha value is 0.270. The summed E-state index contributed by atoms with van der Waals surface area (Å²) in [7, 11) is 0. The number of hydrogen-bond acceptors (Lipinski definition) is 3. The normalized spacial score (nSPS) is 14.1. The lowest BCUT2D eigenvalue weighted by Gasteiger charge is -2.01. The van der Waals surface area contributed by atoms with Gasteiger partial charge < -0.3 is 5.11 Å². The zero-order valence-electron chi connectivity index (χ0n) is 4.42. The van der Waals surface area contributed by atoms with Gasteiger partial charge in [0.25, 0.3) is 0 Å². The predicted molar refractivity (Wildman–Crippen MR) is 32.9 cm³/mol. The van der Waals surface area contributed by atoms with E-state index < -0.39 is 0 Å². The molecular weight excluding hydrogens is 110 g/mol. The Kier molecular flexibility index (Phi) is 4.60. The molecule has 0 aliphatic carbocycles. The predicted octanol–water partition coefficient (Wildman–Crippen LogP) is 0.364. The van der Waals surface area contributed by atoms with Gasteiger partial charge in [0, 0.05) is 5.75 Å². The topological polar surface area (TPSA) is 46.2 Å². The number of rotatable bonds is 3. The van der Waals surface area contributed by atoms with Crippen LogP contribution in [0.1, 0.15) is 13.3 Å². The first kappa shape index (κ1) is 7.27. The van der Waals surface area contributed by atoms with Gasteiger partial charge in [-0.15, -0.1) is 0 Å². The van der Waals surface area contributed by atoms with Crippen molar-refractivity contribution < 1.29 is 5.11 Å². The number of nitrogens with two attached hydrogens (primary N) is 1. The largest absolute Gasteiger partial charge is 0.392 e. The van der Waals surface area contributed by atoms with Gasteiger partial charge in [-0.25, -0.2) is 0 Å². The molecule has 0 bridgehead atoms. The fraction of sp³-hybridized carbons (Fsp3) is 1.00. The minimum atomic E-state index is -0.213. The van der Waals surface area contributed by atoms with E-state index in [1.54, 1.807) is 0 Å². The van der Waals surface area contributed by atoms with E-state index in [2.05, 4.69) is 0 Å². The van der Waals surface area contributed by atoms with Crippen molar-refractivity contribution in [3.63, 3.8) is 0 Å². The molecule has 1 unspecified atom stereocenters. The lowest BCUT2D eigenvalue weighted by Crippen LogP contribution is -2.08. The van der Waals surface area contributed by atoms with Gasteiger partial charge in [0.1, 0.15) is 0 Å². The summed E-state index contributed by atoms with van der Waals surface area (Å²) in [6.45, 7) is 1.93. The molecule has 0 saturated carbocycles. The molecule has 0 aliphatic heterocycles. The van der Waals surface area contributed by atoms with Crippen LogP contribution in [0.2, 0.25) is 0 Å². The molecule has 0 fully saturated rings. The molecule has 0 aromatic heterocycles. The highest BCUT2D eigenvalue weighted by molar-refractivity contribution is 7.97. The van der Waals surface area contributed by atoms with Gasteiger partial charge in [0.2, 0.25) is 0 Å². The van der Waals surface area contributed by atoms with Crippen molar-refractivity contribution in [2.24, 2.45) is 5.14 Å². The lowest BCUT2D eigenvalue weighted by atomic mass is 10.3. The molecule has 0 aromatic rings. The molecular formula is C4H11NOS. The molecule has 0 radical (unpaired) electrons. The molecule has 3 N–H and O–H groups in total. The second-order valence-corrected chi connectivity index (χ2v) is 2.06. The summed E-state index contributed by atoms with van der Waals surface area (Å²) in [5.41, 5.74) is 0. The first-order chi connectivity index (χ1) is 3.31. The van der Waals surface area contributed by atoms with Crippen molar-refractivity contribution in [2.75, 3.05) is 5.75 Å². The summed E-state index contributed by atoms with van der Waals surface area (Å²) < 4.78 is 0. The highest BCUT2D eigenvalue weighted by Crippen LogP contribution is 1.95. The summed E-state index contributed by atoms with van der Waals surface area (Å²) >= 11 is 1.18. The van der Waals surface area contributed by atoms with Crippen molar-refractivity contribution in [1.29, 1.82) is 0 Å². The van der Waals surface area contributed by atoms with Crippen LogP contribution in [0.15, 0.2) is 0 Å². The zero-order chi connectivity index (χ0) is 5.70. The molecule has 1 atom stereocenters. The van der Waals surface area contributed by atoms with Crippen LogP contribution in [-0.2, 0) is 0 Å². The first-order valence-electron chi connectivity index (χ1n) is 2.31. The van der Waals surface area contributed by atoms with Crippen LogP contribution in [-0.4, -0.2) is 17.0 Å². The highest BCUT2D eigenvalue weighted by atomic mass is 32.2. The van der Waals surface area contributed by atoms with Gasteiger partial charge in [-0.1, -0.05) is 18.9 Å². The van der Waals surface area contributed by atoms with Gasteiger partial charge >= 0.3 is 0 Å². The Balaban J connectivity index is 2.83. The van der Waals surface area contributed by atoms with E-state index >= 15 is 0 Å². The van der Waals surface area contributed by atoms with E-state index in [4.69, 9.17) is 10.2 Å². The maximum Gasteiger partial charge on any atom is 0.0640 e. The quantitative estimate of drug-likeness (QED) is 0.530. The van der Waals surface area contributed by atoms with Gasteiger partial charge in [0.05, 0.1) is 6.10 Å². The maximum atomic E-state index is 8.76. The molecule has 2 nitrogen and oxygen atoms in total. The molecule has 0 spiro atoms. The van der Waals surface area contributed by atoms with E-state index in [0.717, 1.165) is 6.42 Å². The van der Waals surface area contributed by atoms with E-state index in [0.29, 0.717) is 5.75 Å². The summed E-state index contributed by atoms with van der Waals surface area (Å²) in [6.07, 6.45) is 0.583. The Morgan fingerprint density at radius 2 is 2.43 bits per heavy atom. The van der Waals surface area contributed by atoms with E-state index in [1.807, 2.05) is 6.92 Å². The summed E-state index contributed by atoms with van der Waals surface area (Å²) in [6, 6.07) is 0. The molecule has 0 aromatic carbocycles. The zero-order valence-corrected chi connectivity index (χ0v) is 5.24. The Labute approximate surface area is 48.2 Å². The van der Waals surface area contributed by atoms with Crippen LogP contribution in [0, 0.1) is 0 Å². The van der Waals surface area contributed by atoms with Crippen LogP contribution >= 0.6 is 11.9 Å². The number of aliphatic hydroxyl groups is 1. The van der Waals surface area contributed by atoms with Crippen molar-refractivity contribution in [3.05, 3.63) is 0 Å². The average Bonchev–Trinajstić information content (AvgIpc) is 1.68. The van der Waals surface area contributed by atoms with E-state index in [1.165, 1.54) is 11.9 Å². The van der Waals surface area contributed by atoms with Crippen molar-refractivity contribution >= 4 is 11.9 Å². The van der Waals surface area contributed by atoms with E-state index in [9.17, 15) is 0 Å². The van der Waals surface area contributed by atoms with Crippen LogP contribution in [0.5, 0.6) is 0 Å². The van der Waals surface area contributed by atoms with Gasteiger partial charge in [-0.3, -0.25) is 5.14 Å². The Morgan fingerprint density at radius 3 is 2.57 bits per heavy atom. The third kappa shape index (κ3) is 4.12. The number of hydrogen-bond donors (Lipinski definition) is 2.